The number of rotatable bonds is 17. The quantitative estimate of drug-likeness (QED) is 0.143. The molecule has 4 rings (SSSR count). The summed E-state index contributed by atoms with van der Waals surface area (Å²) in [6, 6.07) is 16.6. The Balaban J connectivity index is 1.76. The number of nitrogens with one attached hydrogen (secondary N) is 1. The second-order valence-electron chi connectivity index (χ2n) is 11.3. The Hall–Kier alpha value is -3.91. The van der Waals surface area contributed by atoms with Gasteiger partial charge in [0.2, 0.25) is 10.0 Å². The van der Waals surface area contributed by atoms with Crippen molar-refractivity contribution in [2.24, 2.45) is 5.92 Å². The second kappa shape index (κ2) is 16.6. The minimum Gasteiger partial charge on any atom is -0.497 e. The van der Waals surface area contributed by atoms with Crippen LogP contribution in [-0.2, 0) is 27.8 Å². The molecule has 0 saturated carbocycles. The molecule has 46 heavy (non-hydrogen) atoms. The maximum Gasteiger partial charge on any atom is 0.297 e. The van der Waals surface area contributed by atoms with Crippen molar-refractivity contribution in [2.75, 3.05) is 45.9 Å². The summed E-state index contributed by atoms with van der Waals surface area (Å²) in [4.78, 5) is 11.6. The van der Waals surface area contributed by atoms with Crippen molar-refractivity contribution in [2.45, 2.75) is 56.7 Å². The van der Waals surface area contributed by atoms with E-state index in [1.807, 2.05) is 0 Å². The molecule has 1 aliphatic rings. The van der Waals surface area contributed by atoms with Crippen LogP contribution in [0.2, 0.25) is 0 Å². The zero-order valence-corrected chi connectivity index (χ0v) is 27.3. The van der Waals surface area contributed by atoms with Gasteiger partial charge in [-0.05, 0) is 73.9 Å². The van der Waals surface area contributed by atoms with Crippen LogP contribution in [-0.4, -0.2) is 69.4 Å². The Morgan fingerprint density at radius 2 is 1.57 bits per heavy atom. The van der Waals surface area contributed by atoms with Gasteiger partial charge >= 0.3 is 0 Å². The van der Waals surface area contributed by atoms with Crippen molar-refractivity contribution in [1.82, 2.24) is 4.31 Å². The third-order valence-electron chi connectivity index (χ3n) is 7.93. The smallest absolute Gasteiger partial charge is 0.297 e. The highest BCUT2D eigenvalue weighted by atomic mass is 32.2. The topological polar surface area (TPSA) is 150 Å². The molecule has 13 heteroatoms. The molecular formula is C33H43N3O9S. The Morgan fingerprint density at radius 3 is 2.07 bits per heavy atom. The number of methoxy groups -OCH3 is 2. The first kappa shape index (κ1) is 35.0. The van der Waals surface area contributed by atoms with Gasteiger partial charge in [0.15, 0.2) is 11.4 Å². The Kier molecular flexibility index (Phi) is 12.6. The van der Waals surface area contributed by atoms with Crippen LogP contribution in [0, 0.1) is 16.0 Å². The summed E-state index contributed by atoms with van der Waals surface area (Å²) >= 11 is 0. The van der Waals surface area contributed by atoms with Crippen LogP contribution >= 0.6 is 0 Å². The van der Waals surface area contributed by atoms with Gasteiger partial charge in [-0.3, -0.25) is 10.1 Å². The van der Waals surface area contributed by atoms with E-state index in [0.29, 0.717) is 55.2 Å². The molecule has 0 bridgehead atoms. The Bertz CT molecular complexity index is 1480. The zero-order valence-electron chi connectivity index (χ0n) is 26.5. The largest absolute Gasteiger partial charge is 0.497 e. The van der Waals surface area contributed by atoms with Gasteiger partial charge < -0.3 is 29.4 Å². The van der Waals surface area contributed by atoms with Crippen LogP contribution in [0.5, 0.6) is 17.2 Å². The first-order valence-corrected chi connectivity index (χ1v) is 16.8. The SMILES string of the molecule is COc1ccc(CN(Cc2ccc(OC)cc2)S(=O)(=O)c2cc(O[C@@H](C)CCCO)c(NCC3CCOCC3)c([N+](=O)[O-])c2)cc1. The van der Waals surface area contributed by atoms with Gasteiger partial charge in [0.1, 0.15) is 11.5 Å². The third kappa shape index (κ3) is 9.32. The molecule has 1 fully saturated rings. The lowest BCUT2D eigenvalue weighted by Gasteiger charge is -2.26. The first-order chi connectivity index (χ1) is 22.1. The number of nitrogens with zero attached hydrogens (tertiary/aromatic N) is 2. The second-order valence-corrected chi connectivity index (χ2v) is 13.2. The van der Waals surface area contributed by atoms with Crippen LogP contribution in [0.15, 0.2) is 65.6 Å². The fourth-order valence-corrected chi connectivity index (χ4v) is 6.69. The maximum absolute atomic E-state index is 14.4. The minimum atomic E-state index is -4.31. The summed E-state index contributed by atoms with van der Waals surface area (Å²) in [5.74, 6) is 1.56. The molecule has 12 nitrogen and oxygen atoms in total. The number of benzene rings is 3. The molecular weight excluding hydrogens is 614 g/mol. The van der Waals surface area contributed by atoms with Crippen molar-refractivity contribution in [3.8, 4) is 17.2 Å². The van der Waals surface area contributed by atoms with Gasteiger partial charge in [-0.1, -0.05) is 24.3 Å². The van der Waals surface area contributed by atoms with E-state index in [1.165, 1.54) is 10.4 Å². The fraction of sp³-hybridized carbons (Fsp3) is 0.455. The standard InChI is InChI=1S/C33H43N3O9S/c1-24(5-4-16-37)45-32-20-30(19-31(36(38)39)33(32)34-21-25-14-17-44-18-15-25)46(40,41)35(22-26-6-10-28(42-2)11-7-26)23-27-8-12-29(43-3)13-9-27/h6-13,19-20,24-25,34,37H,4-5,14-18,21-23H2,1-3H3/t24-/m0/s1. The zero-order chi connectivity index (χ0) is 33.1. The number of anilines is 1. The van der Waals surface area contributed by atoms with Crippen LogP contribution in [0.3, 0.4) is 0 Å². The molecule has 0 aliphatic carbocycles. The number of nitro groups is 1. The number of hydrogen-bond acceptors (Lipinski definition) is 10. The van der Waals surface area contributed by atoms with E-state index in [0.717, 1.165) is 18.9 Å². The van der Waals surface area contributed by atoms with E-state index in [1.54, 1.807) is 69.7 Å². The lowest BCUT2D eigenvalue weighted by molar-refractivity contribution is -0.384. The number of hydrogen-bond donors (Lipinski definition) is 2. The van der Waals surface area contributed by atoms with Crippen LogP contribution < -0.4 is 19.5 Å². The molecule has 0 spiro atoms. The lowest BCUT2D eigenvalue weighted by atomic mass is 10.0. The summed E-state index contributed by atoms with van der Waals surface area (Å²) in [5, 5.41) is 25.0. The molecule has 0 unspecified atom stereocenters. The number of aliphatic hydroxyl groups is 1. The van der Waals surface area contributed by atoms with Gasteiger partial charge in [-0.15, -0.1) is 0 Å². The molecule has 1 heterocycles. The van der Waals surface area contributed by atoms with Gasteiger partial charge in [0.05, 0.1) is 30.1 Å². The molecule has 1 saturated heterocycles. The van der Waals surface area contributed by atoms with E-state index in [2.05, 4.69) is 5.32 Å². The van der Waals surface area contributed by atoms with E-state index in [4.69, 9.17) is 18.9 Å². The molecule has 250 valence electrons. The maximum atomic E-state index is 14.4. The Morgan fingerprint density at radius 1 is 1.00 bits per heavy atom. The van der Waals surface area contributed by atoms with E-state index >= 15 is 0 Å². The van der Waals surface area contributed by atoms with Crippen molar-refractivity contribution >= 4 is 21.4 Å². The number of nitro benzene ring substituents is 1. The molecule has 3 aromatic rings. The van der Waals surface area contributed by atoms with Crippen LogP contribution in [0.1, 0.15) is 43.7 Å². The molecule has 0 radical (unpaired) electrons. The van der Waals surface area contributed by atoms with Gasteiger partial charge in [0, 0.05) is 51.6 Å². The fourth-order valence-electron chi connectivity index (χ4n) is 5.24. The average Bonchev–Trinajstić information content (AvgIpc) is 3.07. The van der Waals surface area contributed by atoms with Gasteiger partial charge in [0.25, 0.3) is 5.69 Å². The van der Waals surface area contributed by atoms with Crippen molar-refractivity contribution in [1.29, 1.82) is 0 Å². The van der Waals surface area contributed by atoms with Crippen molar-refractivity contribution in [3.63, 3.8) is 0 Å². The summed E-state index contributed by atoms with van der Waals surface area (Å²) in [7, 11) is -1.21. The first-order valence-electron chi connectivity index (χ1n) is 15.3. The summed E-state index contributed by atoms with van der Waals surface area (Å²) < 4.78 is 52.2. The predicted molar refractivity (Wildman–Crippen MR) is 174 cm³/mol. The van der Waals surface area contributed by atoms with E-state index < -0.39 is 26.7 Å². The van der Waals surface area contributed by atoms with E-state index in [-0.39, 0.29) is 41.9 Å². The molecule has 2 N–H and O–H groups in total. The van der Waals surface area contributed by atoms with Crippen molar-refractivity contribution in [3.05, 3.63) is 81.9 Å². The van der Waals surface area contributed by atoms with Crippen LogP contribution in [0.4, 0.5) is 11.4 Å². The number of sulfonamides is 1. The molecule has 1 aliphatic heterocycles. The highest BCUT2D eigenvalue weighted by molar-refractivity contribution is 7.89. The van der Waals surface area contributed by atoms with Crippen LogP contribution in [0.25, 0.3) is 0 Å². The van der Waals surface area contributed by atoms with Crippen molar-refractivity contribution < 1.29 is 37.4 Å². The number of ether oxygens (including phenoxy) is 4. The van der Waals surface area contributed by atoms with E-state index in [9.17, 15) is 23.6 Å². The van der Waals surface area contributed by atoms with Gasteiger partial charge in [-0.25, -0.2) is 8.42 Å². The highest BCUT2D eigenvalue weighted by Crippen LogP contribution is 2.40. The molecule has 0 aromatic heterocycles. The van der Waals surface area contributed by atoms with Gasteiger partial charge in [-0.2, -0.15) is 4.31 Å². The normalized spacial score (nSPS) is 14.5. The molecule has 0 amide bonds. The third-order valence-corrected chi connectivity index (χ3v) is 9.70. The molecule has 3 aromatic carbocycles. The number of aliphatic hydroxyl groups excluding tert-OH is 1. The summed E-state index contributed by atoms with van der Waals surface area (Å²) in [5.41, 5.74) is 1.14. The Labute approximate surface area is 270 Å². The average molecular weight is 658 g/mol. The summed E-state index contributed by atoms with van der Waals surface area (Å²) in [6.45, 7) is 3.42. The minimum absolute atomic E-state index is 0.000992. The predicted octanol–water partition coefficient (Wildman–Crippen LogP) is 5.38. The molecule has 1 atom stereocenters. The summed E-state index contributed by atoms with van der Waals surface area (Å²) in [6.07, 6.45) is 2.11. The highest BCUT2D eigenvalue weighted by Gasteiger charge is 2.32. The lowest BCUT2D eigenvalue weighted by Crippen LogP contribution is -2.30. The monoisotopic (exact) mass is 657 g/mol.